The summed E-state index contributed by atoms with van der Waals surface area (Å²) in [6.07, 6.45) is 4.96. The summed E-state index contributed by atoms with van der Waals surface area (Å²) in [7, 11) is 1.59. The molecule has 4 aromatic heterocycles. The number of carbonyl (C=O) groups is 1. The molecular weight excluding hydrogens is 541 g/mol. The maximum Gasteiger partial charge on any atom is 0.283 e. The van der Waals surface area contributed by atoms with Gasteiger partial charge in [-0.2, -0.15) is 14.9 Å². The molecule has 214 valence electrons. The van der Waals surface area contributed by atoms with E-state index in [1.807, 2.05) is 31.5 Å². The third-order valence-electron chi connectivity index (χ3n) is 7.31. The van der Waals surface area contributed by atoms with Gasteiger partial charge in [0.1, 0.15) is 11.5 Å². The Labute approximate surface area is 239 Å². The van der Waals surface area contributed by atoms with Gasteiger partial charge in [0.2, 0.25) is 0 Å². The predicted molar refractivity (Wildman–Crippen MR) is 155 cm³/mol. The number of aryl methyl sites for hydroxylation is 1. The number of carbonyl (C=O) groups excluding carboxylic acids is 1. The number of hydrogen-bond acceptors (Lipinski definition) is 8. The maximum absolute atomic E-state index is 15.3. The van der Waals surface area contributed by atoms with Crippen LogP contribution >= 0.6 is 0 Å². The fourth-order valence-electron chi connectivity index (χ4n) is 5.06. The molecule has 0 amide bonds. The molecule has 1 N–H and O–H groups in total. The van der Waals surface area contributed by atoms with Crippen LogP contribution in [0.1, 0.15) is 42.4 Å². The van der Waals surface area contributed by atoms with Crippen LogP contribution in [0, 0.1) is 5.82 Å². The number of aromatic nitrogens is 6. The summed E-state index contributed by atoms with van der Waals surface area (Å²) in [5, 5.41) is 12.0. The molecular formula is C30H28FN7O4. The predicted octanol–water partition coefficient (Wildman–Crippen LogP) is 3.87. The second-order valence-corrected chi connectivity index (χ2v) is 11.2. The first-order chi connectivity index (χ1) is 20.0. The highest BCUT2D eigenvalue weighted by atomic mass is 19.1. The molecule has 42 heavy (non-hydrogen) atoms. The van der Waals surface area contributed by atoms with Crippen molar-refractivity contribution in [2.75, 3.05) is 11.9 Å². The van der Waals surface area contributed by atoms with Gasteiger partial charge in [0.25, 0.3) is 11.1 Å². The standard InChI is InChI=1S/C30H28FN7O4/c1-30(2,3)19-9-17-13-33-38(29(41)26(17)23(31)11-19)27-22(15-39)21(5-6-32-27)18-10-24(28(40)36(4)14-18)34-25-12-20-16-42-8-7-37(20)35-25/h5-6,9-15H,7-8,16H2,1-4H3,(H,34,35). The Kier molecular flexibility index (Phi) is 6.57. The van der Waals surface area contributed by atoms with Gasteiger partial charge in [-0.15, -0.1) is 0 Å². The summed E-state index contributed by atoms with van der Waals surface area (Å²) in [6, 6.07) is 8.11. The molecule has 0 spiro atoms. The highest BCUT2D eigenvalue weighted by Crippen LogP contribution is 2.29. The molecule has 11 nitrogen and oxygen atoms in total. The average molecular weight is 570 g/mol. The second-order valence-electron chi connectivity index (χ2n) is 11.2. The van der Waals surface area contributed by atoms with Crippen molar-refractivity contribution in [1.82, 2.24) is 29.1 Å². The number of pyridine rings is 2. The monoisotopic (exact) mass is 569 g/mol. The highest BCUT2D eigenvalue weighted by molar-refractivity contribution is 5.92. The molecule has 0 atom stereocenters. The number of nitrogens with one attached hydrogen (secondary N) is 1. The summed E-state index contributed by atoms with van der Waals surface area (Å²) in [6.45, 7) is 7.45. The van der Waals surface area contributed by atoms with E-state index in [0.29, 0.717) is 48.4 Å². The molecule has 0 fully saturated rings. The molecule has 0 unspecified atom stereocenters. The Morgan fingerprint density at radius 1 is 1.12 bits per heavy atom. The molecule has 1 aliphatic heterocycles. The van der Waals surface area contributed by atoms with E-state index < -0.39 is 11.4 Å². The van der Waals surface area contributed by atoms with Crippen molar-refractivity contribution in [3.05, 3.63) is 92.3 Å². The molecule has 5 heterocycles. The van der Waals surface area contributed by atoms with Crippen LogP contribution in [0.4, 0.5) is 15.9 Å². The largest absolute Gasteiger partial charge is 0.373 e. The number of fused-ring (bicyclic) bond motifs is 2. The van der Waals surface area contributed by atoms with Gasteiger partial charge >= 0.3 is 0 Å². The lowest BCUT2D eigenvalue weighted by molar-refractivity contribution is 0.0801. The van der Waals surface area contributed by atoms with Crippen LogP contribution in [-0.4, -0.2) is 42.0 Å². The van der Waals surface area contributed by atoms with Crippen LogP contribution in [-0.2, 0) is 30.4 Å². The number of rotatable bonds is 5. The number of benzene rings is 1. The van der Waals surface area contributed by atoms with Gasteiger partial charge in [-0.1, -0.05) is 20.8 Å². The summed E-state index contributed by atoms with van der Waals surface area (Å²) < 4.78 is 24.9. The highest BCUT2D eigenvalue weighted by Gasteiger charge is 2.22. The smallest absolute Gasteiger partial charge is 0.283 e. The van der Waals surface area contributed by atoms with Crippen molar-refractivity contribution in [2.24, 2.45) is 7.05 Å². The molecule has 12 heteroatoms. The molecule has 1 aromatic carbocycles. The third kappa shape index (κ3) is 4.69. The fraction of sp³-hybridized carbons (Fsp3) is 0.267. The molecule has 5 aromatic rings. The van der Waals surface area contributed by atoms with E-state index in [0.717, 1.165) is 15.9 Å². The van der Waals surface area contributed by atoms with E-state index in [1.165, 1.54) is 23.0 Å². The van der Waals surface area contributed by atoms with Gasteiger partial charge in [-0.25, -0.2) is 9.37 Å². The first-order valence-electron chi connectivity index (χ1n) is 13.3. The number of halogens is 1. The fourth-order valence-corrected chi connectivity index (χ4v) is 5.06. The Hall–Kier alpha value is -4.97. The van der Waals surface area contributed by atoms with E-state index in [-0.39, 0.29) is 33.4 Å². The van der Waals surface area contributed by atoms with E-state index in [1.54, 1.807) is 31.4 Å². The van der Waals surface area contributed by atoms with Gasteiger partial charge in [0, 0.05) is 36.5 Å². The maximum atomic E-state index is 15.3. The van der Waals surface area contributed by atoms with Crippen molar-refractivity contribution >= 4 is 28.6 Å². The number of ether oxygens (including phenoxy) is 1. The average Bonchev–Trinajstić information content (AvgIpc) is 3.37. The van der Waals surface area contributed by atoms with Crippen LogP contribution in [0.2, 0.25) is 0 Å². The number of anilines is 2. The zero-order valence-electron chi connectivity index (χ0n) is 23.5. The van der Waals surface area contributed by atoms with E-state index in [4.69, 9.17) is 4.74 Å². The quantitative estimate of drug-likeness (QED) is 0.316. The first-order valence-corrected chi connectivity index (χ1v) is 13.3. The lowest BCUT2D eigenvalue weighted by Crippen LogP contribution is -2.25. The first kappa shape index (κ1) is 27.2. The van der Waals surface area contributed by atoms with E-state index >= 15 is 4.39 Å². The molecule has 0 radical (unpaired) electrons. The summed E-state index contributed by atoms with van der Waals surface area (Å²) in [4.78, 5) is 43.2. The van der Waals surface area contributed by atoms with Crippen molar-refractivity contribution in [2.45, 2.75) is 39.3 Å². The van der Waals surface area contributed by atoms with Crippen molar-refractivity contribution < 1.29 is 13.9 Å². The van der Waals surface area contributed by atoms with Crippen LogP contribution in [0.25, 0.3) is 27.7 Å². The molecule has 0 saturated carbocycles. The SMILES string of the molecule is Cn1cc(-c2ccnc(-n3ncc4cc(C(C)(C)C)cc(F)c4c3=O)c2C=O)cc(Nc2cc3n(n2)CCOC3)c1=O. The normalized spacial score (nSPS) is 13.3. The Bertz CT molecular complexity index is 1980. The summed E-state index contributed by atoms with van der Waals surface area (Å²) in [5.74, 6) is -0.248. The molecule has 0 aliphatic carbocycles. The molecule has 0 saturated heterocycles. The number of aldehydes is 1. The topological polar surface area (TPSA) is 126 Å². The van der Waals surface area contributed by atoms with Gasteiger partial charge in [0.05, 0.1) is 42.6 Å². The lowest BCUT2D eigenvalue weighted by atomic mass is 9.86. The van der Waals surface area contributed by atoms with E-state index in [2.05, 4.69) is 20.5 Å². The third-order valence-corrected chi connectivity index (χ3v) is 7.31. The molecule has 1 aliphatic rings. The Morgan fingerprint density at radius 3 is 2.67 bits per heavy atom. The molecule has 6 rings (SSSR count). The van der Waals surface area contributed by atoms with Crippen LogP contribution < -0.4 is 16.4 Å². The number of nitrogens with zero attached hydrogens (tertiary/aromatic N) is 6. The van der Waals surface area contributed by atoms with Crippen LogP contribution in [0.5, 0.6) is 0 Å². The van der Waals surface area contributed by atoms with E-state index in [9.17, 15) is 14.4 Å². The van der Waals surface area contributed by atoms with Crippen LogP contribution in [0.3, 0.4) is 0 Å². The minimum absolute atomic E-state index is 0.0531. The lowest BCUT2D eigenvalue weighted by Gasteiger charge is -2.20. The van der Waals surface area contributed by atoms with Crippen molar-refractivity contribution in [1.29, 1.82) is 0 Å². The second kappa shape index (κ2) is 10.1. The zero-order chi connectivity index (χ0) is 29.8. The Morgan fingerprint density at radius 2 is 1.93 bits per heavy atom. The van der Waals surface area contributed by atoms with Crippen molar-refractivity contribution in [3.63, 3.8) is 0 Å². The van der Waals surface area contributed by atoms with Crippen LogP contribution in [0.15, 0.2) is 58.5 Å². The molecule has 0 bridgehead atoms. The van der Waals surface area contributed by atoms with Gasteiger partial charge in [-0.3, -0.25) is 19.1 Å². The van der Waals surface area contributed by atoms with Crippen molar-refractivity contribution in [3.8, 4) is 16.9 Å². The Balaban J connectivity index is 1.45. The number of hydrogen-bond donors (Lipinski definition) is 1. The summed E-state index contributed by atoms with van der Waals surface area (Å²) >= 11 is 0. The van der Waals surface area contributed by atoms with Gasteiger partial charge < -0.3 is 14.6 Å². The minimum atomic E-state index is -0.742. The van der Waals surface area contributed by atoms with Gasteiger partial charge in [-0.05, 0) is 40.8 Å². The minimum Gasteiger partial charge on any atom is -0.373 e. The van der Waals surface area contributed by atoms with Gasteiger partial charge in [0.15, 0.2) is 17.9 Å². The zero-order valence-corrected chi connectivity index (χ0v) is 23.5. The summed E-state index contributed by atoms with van der Waals surface area (Å²) in [5.41, 5.74) is 1.43.